The van der Waals surface area contributed by atoms with Gasteiger partial charge in [-0.1, -0.05) is 12.8 Å². The lowest BCUT2D eigenvalue weighted by atomic mass is 9.90. The topological polar surface area (TPSA) is 138 Å². The maximum atomic E-state index is 11.7. The molecule has 0 spiro atoms. The van der Waals surface area contributed by atoms with Crippen molar-refractivity contribution in [1.82, 2.24) is 10.6 Å². The Morgan fingerprint density at radius 2 is 1.09 bits per heavy atom. The Morgan fingerprint density at radius 1 is 0.727 bits per heavy atom. The van der Waals surface area contributed by atoms with Gasteiger partial charge in [0.25, 0.3) is 0 Å². The maximum Gasteiger partial charge on any atom is 0.220 e. The number of carbonyl (C=O) groups is 4. The average molecular weight is 312 g/mol. The highest BCUT2D eigenvalue weighted by atomic mass is 16.4. The van der Waals surface area contributed by atoms with Gasteiger partial charge in [-0.2, -0.15) is 0 Å². The predicted molar refractivity (Wildman–Crippen MR) is 70.8 cm³/mol. The summed E-state index contributed by atoms with van der Waals surface area (Å²) in [6.07, 6.45) is 2.15. The first kappa shape index (κ1) is 17.9. The molecule has 2 atom stereocenters. The van der Waals surface area contributed by atoms with Crippen molar-refractivity contribution >= 4 is 23.8 Å². The summed E-state index contributed by atoms with van der Waals surface area (Å²) in [7, 11) is 0. The van der Waals surface area contributed by atoms with Crippen molar-refractivity contribution in [3.63, 3.8) is 0 Å². The summed E-state index contributed by atoms with van der Waals surface area (Å²) in [5.41, 5.74) is 0. The molecular formula is C14H20N2O6-2. The smallest absolute Gasteiger partial charge is 0.220 e. The molecule has 0 aromatic rings. The minimum atomic E-state index is -1.29. The minimum absolute atomic E-state index is 0.163. The number of hydrogen-bond acceptors (Lipinski definition) is 6. The molecule has 0 aliphatic heterocycles. The molecule has 8 nitrogen and oxygen atoms in total. The molecule has 1 saturated carbocycles. The van der Waals surface area contributed by atoms with Crippen LogP contribution >= 0.6 is 0 Å². The highest BCUT2D eigenvalue weighted by molar-refractivity contribution is 5.81. The zero-order valence-electron chi connectivity index (χ0n) is 12.3. The minimum Gasteiger partial charge on any atom is -0.550 e. The van der Waals surface area contributed by atoms with Crippen LogP contribution in [-0.4, -0.2) is 35.8 Å². The number of aliphatic carboxylic acids is 2. The first-order valence-electron chi connectivity index (χ1n) is 7.37. The molecule has 124 valence electrons. The lowest BCUT2D eigenvalue weighted by Crippen LogP contribution is -2.53. The molecule has 0 bridgehead atoms. The standard InChI is InChI=1S/C14H22N2O6/c17-11(5-7-13(19)20)15-9-3-1-2-4-10(9)16-12(18)6-8-14(21)22/h9-10H,1-8H2,(H,15,17)(H,16,18)(H,19,20)(H,21,22)/p-2/t9-,10-/m0/s1. The summed E-state index contributed by atoms with van der Waals surface area (Å²) < 4.78 is 0. The summed E-state index contributed by atoms with van der Waals surface area (Å²) >= 11 is 0. The highest BCUT2D eigenvalue weighted by Gasteiger charge is 2.27. The molecule has 22 heavy (non-hydrogen) atoms. The Bertz CT molecular complexity index is 397. The number of carboxylic acids is 2. The fraction of sp³-hybridized carbons (Fsp3) is 0.714. The van der Waals surface area contributed by atoms with Crippen molar-refractivity contribution in [3.05, 3.63) is 0 Å². The molecule has 2 N–H and O–H groups in total. The second kappa shape index (κ2) is 9.01. The molecule has 0 unspecified atom stereocenters. The van der Waals surface area contributed by atoms with E-state index >= 15 is 0 Å². The van der Waals surface area contributed by atoms with Gasteiger partial charge in [-0.25, -0.2) is 0 Å². The molecule has 8 heteroatoms. The van der Waals surface area contributed by atoms with E-state index in [1.165, 1.54) is 0 Å². The van der Waals surface area contributed by atoms with Crippen LogP contribution in [0.5, 0.6) is 0 Å². The Balaban J connectivity index is 2.45. The number of rotatable bonds is 8. The molecule has 0 heterocycles. The van der Waals surface area contributed by atoms with E-state index in [1.54, 1.807) is 0 Å². The van der Waals surface area contributed by atoms with Crippen LogP contribution in [0, 0.1) is 0 Å². The van der Waals surface area contributed by atoms with Gasteiger partial charge < -0.3 is 30.4 Å². The first-order valence-corrected chi connectivity index (χ1v) is 7.37. The van der Waals surface area contributed by atoms with Gasteiger partial charge in [0, 0.05) is 36.9 Å². The molecule has 0 aromatic heterocycles. The van der Waals surface area contributed by atoms with Crippen LogP contribution in [0.1, 0.15) is 51.4 Å². The number of hydrogen-bond donors (Lipinski definition) is 2. The van der Waals surface area contributed by atoms with E-state index in [-0.39, 0.29) is 37.8 Å². The normalized spacial score (nSPS) is 20.9. The van der Waals surface area contributed by atoms with E-state index in [9.17, 15) is 29.4 Å². The number of nitrogens with one attached hydrogen (secondary N) is 2. The van der Waals surface area contributed by atoms with Gasteiger partial charge in [-0.15, -0.1) is 0 Å². The summed E-state index contributed by atoms with van der Waals surface area (Å²) in [5.74, 6) is -3.37. The van der Waals surface area contributed by atoms with Gasteiger partial charge in [-0.3, -0.25) is 9.59 Å². The summed E-state index contributed by atoms with van der Waals surface area (Å²) in [5, 5.41) is 26.1. The Kier molecular flexibility index (Phi) is 7.34. The van der Waals surface area contributed by atoms with Crippen molar-refractivity contribution < 1.29 is 29.4 Å². The lowest BCUT2D eigenvalue weighted by molar-refractivity contribution is -0.307. The van der Waals surface area contributed by atoms with Crippen molar-refractivity contribution in [2.75, 3.05) is 0 Å². The predicted octanol–water partition coefficient (Wildman–Crippen LogP) is -2.41. The van der Waals surface area contributed by atoms with E-state index in [2.05, 4.69) is 10.6 Å². The summed E-state index contributed by atoms with van der Waals surface area (Å²) in [4.78, 5) is 44.0. The van der Waals surface area contributed by atoms with Crippen molar-refractivity contribution in [2.45, 2.75) is 63.5 Å². The second-order valence-electron chi connectivity index (χ2n) is 5.38. The van der Waals surface area contributed by atoms with Crippen LogP contribution in [0.15, 0.2) is 0 Å². The van der Waals surface area contributed by atoms with Crippen LogP contribution in [-0.2, 0) is 19.2 Å². The molecule has 0 saturated heterocycles. The van der Waals surface area contributed by atoms with E-state index < -0.39 is 23.8 Å². The molecule has 1 fully saturated rings. The lowest BCUT2D eigenvalue weighted by Gasteiger charge is -2.33. The molecule has 0 aromatic carbocycles. The first-order chi connectivity index (χ1) is 10.4. The second-order valence-corrected chi connectivity index (χ2v) is 5.38. The molecule has 1 aliphatic rings. The summed E-state index contributed by atoms with van der Waals surface area (Å²) in [6.45, 7) is 0. The van der Waals surface area contributed by atoms with Gasteiger partial charge in [-0.05, 0) is 25.7 Å². The van der Waals surface area contributed by atoms with Crippen LogP contribution in [0.4, 0.5) is 0 Å². The number of carbonyl (C=O) groups excluding carboxylic acids is 4. The Labute approximate surface area is 128 Å². The number of carboxylic acid groups (broad SMARTS) is 2. The van der Waals surface area contributed by atoms with E-state index in [1.807, 2.05) is 0 Å². The van der Waals surface area contributed by atoms with Crippen molar-refractivity contribution in [2.24, 2.45) is 0 Å². The van der Waals surface area contributed by atoms with Gasteiger partial charge in [0.15, 0.2) is 0 Å². The van der Waals surface area contributed by atoms with E-state index in [4.69, 9.17) is 0 Å². The van der Waals surface area contributed by atoms with Crippen LogP contribution in [0.25, 0.3) is 0 Å². The Hall–Kier alpha value is -2.12. The Morgan fingerprint density at radius 3 is 1.41 bits per heavy atom. The molecule has 2 amide bonds. The van der Waals surface area contributed by atoms with Crippen molar-refractivity contribution in [3.8, 4) is 0 Å². The van der Waals surface area contributed by atoms with Crippen LogP contribution < -0.4 is 20.8 Å². The monoisotopic (exact) mass is 312 g/mol. The van der Waals surface area contributed by atoms with Crippen molar-refractivity contribution in [1.29, 1.82) is 0 Å². The fourth-order valence-corrected chi connectivity index (χ4v) is 2.47. The largest absolute Gasteiger partial charge is 0.550 e. The molecule has 0 radical (unpaired) electrons. The quantitative estimate of drug-likeness (QED) is 0.512. The molecular weight excluding hydrogens is 292 g/mol. The fourth-order valence-electron chi connectivity index (χ4n) is 2.47. The highest BCUT2D eigenvalue weighted by Crippen LogP contribution is 2.19. The third-order valence-corrected chi connectivity index (χ3v) is 3.57. The average Bonchev–Trinajstić information content (AvgIpc) is 2.45. The zero-order valence-corrected chi connectivity index (χ0v) is 12.3. The van der Waals surface area contributed by atoms with Crippen LogP contribution in [0.3, 0.4) is 0 Å². The molecule has 1 rings (SSSR count). The van der Waals surface area contributed by atoms with Gasteiger partial charge in [0.1, 0.15) is 0 Å². The molecule has 1 aliphatic carbocycles. The summed E-state index contributed by atoms with van der Waals surface area (Å²) in [6, 6.07) is -0.537. The third kappa shape index (κ3) is 7.05. The number of amides is 2. The zero-order chi connectivity index (χ0) is 16.5. The van der Waals surface area contributed by atoms with Gasteiger partial charge >= 0.3 is 0 Å². The maximum absolute atomic E-state index is 11.7. The van der Waals surface area contributed by atoms with Crippen LogP contribution in [0.2, 0.25) is 0 Å². The van der Waals surface area contributed by atoms with Gasteiger partial charge in [0.05, 0.1) is 0 Å². The SMILES string of the molecule is O=C([O-])CCC(=O)N[C@H]1CCCC[C@@H]1NC(=O)CCC(=O)[O-]. The van der Waals surface area contributed by atoms with E-state index in [0.29, 0.717) is 12.8 Å². The van der Waals surface area contributed by atoms with Gasteiger partial charge in [0.2, 0.25) is 11.8 Å². The third-order valence-electron chi connectivity index (χ3n) is 3.57. The van der Waals surface area contributed by atoms with E-state index in [0.717, 1.165) is 12.8 Å².